The first kappa shape index (κ1) is 15.5. The summed E-state index contributed by atoms with van der Waals surface area (Å²) in [7, 11) is 0. The minimum absolute atomic E-state index is 0.0342. The Kier molecular flexibility index (Phi) is 5.83. The van der Waals surface area contributed by atoms with Gasteiger partial charge in [-0.05, 0) is 38.8 Å². The molecule has 0 spiro atoms. The van der Waals surface area contributed by atoms with Gasteiger partial charge in [0.25, 0.3) is 5.91 Å². The maximum absolute atomic E-state index is 11.7. The Labute approximate surface area is 114 Å². The van der Waals surface area contributed by atoms with E-state index in [0.717, 1.165) is 12.0 Å². The lowest BCUT2D eigenvalue weighted by Gasteiger charge is -2.15. The van der Waals surface area contributed by atoms with Crippen LogP contribution >= 0.6 is 0 Å². The molecule has 0 fully saturated rings. The average molecular weight is 265 g/mol. The van der Waals surface area contributed by atoms with Crippen LogP contribution in [-0.4, -0.2) is 23.7 Å². The number of benzene rings is 1. The largest absolute Gasteiger partial charge is 0.483 e. The quantitative estimate of drug-likeness (QED) is 0.830. The molecular weight excluding hydrogens is 242 g/mol. The number of hydrogen-bond donors (Lipinski definition) is 2. The third kappa shape index (κ3) is 4.91. The smallest absolute Gasteiger partial charge is 0.258 e. The van der Waals surface area contributed by atoms with Crippen molar-refractivity contribution in [3.8, 4) is 5.75 Å². The number of carbonyl (C=O) groups is 1. The maximum Gasteiger partial charge on any atom is 0.258 e. The van der Waals surface area contributed by atoms with Gasteiger partial charge in [0.2, 0.25) is 0 Å². The second-order valence-corrected chi connectivity index (χ2v) is 4.88. The fourth-order valence-corrected chi connectivity index (χ4v) is 1.67. The molecule has 2 unspecified atom stereocenters. The summed E-state index contributed by atoms with van der Waals surface area (Å²) in [5.74, 6) is 0.418. The molecule has 1 aromatic carbocycles. The first-order valence-corrected chi connectivity index (χ1v) is 6.64. The zero-order valence-corrected chi connectivity index (χ0v) is 12.1. The van der Waals surface area contributed by atoms with Crippen molar-refractivity contribution in [1.29, 1.82) is 0 Å². The fourth-order valence-electron chi connectivity index (χ4n) is 1.67. The van der Waals surface area contributed by atoms with E-state index in [1.807, 2.05) is 39.0 Å². The summed E-state index contributed by atoms with van der Waals surface area (Å²) in [4.78, 5) is 11.7. The van der Waals surface area contributed by atoms with Crippen LogP contribution in [0.2, 0.25) is 0 Å². The summed E-state index contributed by atoms with van der Waals surface area (Å²) < 4.78 is 5.51. The van der Waals surface area contributed by atoms with Crippen molar-refractivity contribution in [2.24, 2.45) is 0 Å². The molecule has 1 aromatic rings. The summed E-state index contributed by atoms with van der Waals surface area (Å²) in [6.45, 7) is 7.55. The lowest BCUT2D eigenvalue weighted by molar-refractivity contribution is -0.123. The first-order chi connectivity index (χ1) is 8.93. The SMILES string of the molecule is CCC(C)NC(=O)COc1cc(C)ccc1C(C)O. The zero-order chi connectivity index (χ0) is 14.4. The number of amides is 1. The van der Waals surface area contributed by atoms with Crippen molar-refractivity contribution in [3.63, 3.8) is 0 Å². The number of ether oxygens (including phenoxy) is 1. The topological polar surface area (TPSA) is 58.6 Å². The highest BCUT2D eigenvalue weighted by Gasteiger charge is 2.12. The molecule has 0 saturated carbocycles. The highest BCUT2D eigenvalue weighted by atomic mass is 16.5. The molecule has 19 heavy (non-hydrogen) atoms. The van der Waals surface area contributed by atoms with Gasteiger partial charge in [-0.1, -0.05) is 19.1 Å². The lowest BCUT2D eigenvalue weighted by Crippen LogP contribution is -2.35. The van der Waals surface area contributed by atoms with E-state index >= 15 is 0 Å². The summed E-state index contributed by atoms with van der Waals surface area (Å²) in [6.07, 6.45) is 0.267. The van der Waals surface area contributed by atoms with Crippen LogP contribution in [0.15, 0.2) is 18.2 Å². The highest BCUT2D eigenvalue weighted by molar-refractivity contribution is 5.77. The Balaban J connectivity index is 2.66. The predicted octanol–water partition coefficient (Wildman–Crippen LogP) is 2.34. The molecule has 106 valence electrons. The van der Waals surface area contributed by atoms with Gasteiger partial charge < -0.3 is 15.2 Å². The van der Waals surface area contributed by atoms with Gasteiger partial charge in [-0.15, -0.1) is 0 Å². The molecule has 4 heteroatoms. The molecule has 0 bridgehead atoms. The minimum atomic E-state index is -0.617. The van der Waals surface area contributed by atoms with Crippen LogP contribution in [0.1, 0.15) is 44.4 Å². The van der Waals surface area contributed by atoms with Gasteiger partial charge in [0.15, 0.2) is 6.61 Å². The minimum Gasteiger partial charge on any atom is -0.483 e. The van der Waals surface area contributed by atoms with Crippen molar-refractivity contribution in [2.75, 3.05) is 6.61 Å². The fraction of sp³-hybridized carbons (Fsp3) is 0.533. The number of carbonyl (C=O) groups excluding carboxylic acids is 1. The van der Waals surface area contributed by atoms with Crippen molar-refractivity contribution in [2.45, 2.75) is 46.3 Å². The van der Waals surface area contributed by atoms with Crippen LogP contribution in [0.25, 0.3) is 0 Å². The number of aryl methyl sites for hydroxylation is 1. The normalized spacial score (nSPS) is 13.7. The van der Waals surface area contributed by atoms with E-state index in [1.54, 1.807) is 6.92 Å². The summed E-state index contributed by atoms with van der Waals surface area (Å²) >= 11 is 0. The number of hydrogen-bond acceptors (Lipinski definition) is 3. The maximum atomic E-state index is 11.7. The standard InChI is InChI=1S/C15H23NO3/c1-5-11(3)16-15(18)9-19-14-8-10(2)6-7-13(14)12(4)17/h6-8,11-12,17H,5,9H2,1-4H3,(H,16,18). The van der Waals surface area contributed by atoms with Crippen LogP contribution in [0.4, 0.5) is 0 Å². The number of rotatable bonds is 6. The number of nitrogens with one attached hydrogen (secondary N) is 1. The van der Waals surface area contributed by atoms with E-state index in [0.29, 0.717) is 11.3 Å². The van der Waals surface area contributed by atoms with Crippen LogP contribution < -0.4 is 10.1 Å². The van der Waals surface area contributed by atoms with E-state index in [2.05, 4.69) is 5.32 Å². The van der Waals surface area contributed by atoms with Gasteiger partial charge in [0.05, 0.1) is 6.10 Å². The molecule has 0 radical (unpaired) electrons. The zero-order valence-electron chi connectivity index (χ0n) is 12.1. The van der Waals surface area contributed by atoms with Crippen molar-refractivity contribution in [1.82, 2.24) is 5.32 Å². The van der Waals surface area contributed by atoms with Crippen LogP contribution in [0.5, 0.6) is 5.75 Å². The van der Waals surface area contributed by atoms with E-state index in [1.165, 1.54) is 0 Å². The molecule has 0 aliphatic heterocycles. The molecule has 0 saturated heterocycles. The Hall–Kier alpha value is -1.55. The highest BCUT2D eigenvalue weighted by Crippen LogP contribution is 2.26. The van der Waals surface area contributed by atoms with Gasteiger partial charge in [0.1, 0.15) is 5.75 Å². The summed E-state index contributed by atoms with van der Waals surface area (Å²) in [6, 6.07) is 5.71. The molecule has 0 aliphatic rings. The average Bonchev–Trinajstić information content (AvgIpc) is 2.35. The van der Waals surface area contributed by atoms with E-state index < -0.39 is 6.10 Å². The molecule has 2 N–H and O–H groups in total. The van der Waals surface area contributed by atoms with Crippen molar-refractivity contribution < 1.29 is 14.6 Å². The number of aliphatic hydroxyl groups is 1. The summed E-state index contributed by atoms with van der Waals surface area (Å²) in [5, 5.41) is 12.5. The lowest BCUT2D eigenvalue weighted by atomic mass is 10.1. The third-order valence-electron chi connectivity index (χ3n) is 3.00. The Morgan fingerprint density at radius 3 is 2.68 bits per heavy atom. The van der Waals surface area contributed by atoms with E-state index in [-0.39, 0.29) is 18.6 Å². The van der Waals surface area contributed by atoms with Crippen LogP contribution in [-0.2, 0) is 4.79 Å². The second-order valence-electron chi connectivity index (χ2n) is 4.88. The van der Waals surface area contributed by atoms with Gasteiger partial charge in [0, 0.05) is 11.6 Å². The molecule has 0 heterocycles. The van der Waals surface area contributed by atoms with E-state index in [4.69, 9.17) is 4.74 Å². The molecule has 0 aliphatic carbocycles. The van der Waals surface area contributed by atoms with Crippen LogP contribution in [0, 0.1) is 6.92 Å². The monoisotopic (exact) mass is 265 g/mol. The molecule has 0 aromatic heterocycles. The van der Waals surface area contributed by atoms with Gasteiger partial charge in [-0.2, -0.15) is 0 Å². The Morgan fingerprint density at radius 2 is 2.11 bits per heavy atom. The second kappa shape index (κ2) is 7.14. The molecule has 1 rings (SSSR count). The van der Waals surface area contributed by atoms with Crippen molar-refractivity contribution >= 4 is 5.91 Å². The summed E-state index contributed by atoms with van der Waals surface area (Å²) in [5.41, 5.74) is 1.73. The Morgan fingerprint density at radius 1 is 1.42 bits per heavy atom. The molecular formula is C15H23NO3. The predicted molar refractivity (Wildman–Crippen MR) is 75.2 cm³/mol. The molecule has 1 amide bonds. The van der Waals surface area contributed by atoms with Crippen LogP contribution in [0.3, 0.4) is 0 Å². The van der Waals surface area contributed by atoms with Gasteiger partial charge in [-0.3, -0.25) is 4.79 Å². The molecule has 2 atom stereocenters. The van der Waals surface area contributed by atoms with Crippen molar-refractivity contribution in [3.05, 3.63) is 29.3 Å². The van der Waals surface area contributed by atoms with Gasteiger partial charge in [-0.25, -0.2) is 0 Å². The van der Waals surface area contributed by atoms with E-state index in [9.17, 15) is 9.90 Å². The Bertz CT molecular complexity index is 429. The molecule has 4 nitrogen and oxygen atoms in total. The first-order valence-electron chi connectivity index (χ1n) is 6.64. The van der Waals surface area contributed by atoms with Gasteiger partial charge >= 0.3 is 0 Å². The third-order valence-corrected chi connectivity index (χ3v) is 3.00. The number of aliphatic hydroxyl groups excluding tert-OH is 1.